The van der Waals surface area contributed by atoms with Gasteiger partial charge < -0.3 is 10.1 Å². The molecule has 0 aliphatic carbocycles. The van der Waals surface area contributed by atoms with Gasteiger partial charge in [-0.3, -0.25) is 0 Å². The van der Waals surface area contributed by atoms with Gasteiger partial charge in [0.15, 0.2) is 0 Å². The second-order valence-electron chi connectivity index (χ2n) is 4.82. The van der Waals surface area contributed by atoms with Crippen molar-refractivity contribution in [3.05, 3.63) is 29.8 Å². The van der Waals surface area contributed by atoms with Crippen LogP contribution >= 0.6 is 0 Å². The van der Waals surface area contributed by atoms with Crippen molar-refractivity contribution in [3.8, 4) is 5.75 Å². The molecule has 94 valence electrons. The Kier molecular flexibility index (Phi) is 4.43. The van der Waals surface area contributed by atoms with Gasteiger partial charge in [-0.05, 0) is 31.0 Å². The Morgan fingerprint density at radius 3 is 2.82 bits per heavy atom. The van der Waals surface area contributed by atoms with E-state index in [9.17, 15) is 0 Å². The molecule has 2 atom stereocenters. The molecule has 1 N–H and O–H groups in total. The molecule has 1 aromatic carbocycles. The zero-order valence-electron chi connectivity index (χ0n) is 10.9. The van der Waals surface area contributed by atoms with Crippen LogP contribution in [-0.2, 0) is 6.42 Å². The van der Waals surface area contributed by atoms with Crippen molar-refractivity contribution in [1.82, 2.24) is 5.32 Å². The van der Waals surface area contributed by atoms with E-state index in [1.165, 1.54) is 24.8 Å². The van der Waals surface area contributed by atoms with Gasteiger partial charge >= 0.3 is 0 Å². The molecule has 0 amide bonds. The maximum Gasteiger partial charge on any atom is 0.123 e. The molecule has 2 unspecified atom stereocenters. The van der Waals surface area contributed by atoms with E-state index in [1.54, 1.807) is 0 Å². The fourth-order valence-corrected chi connectivity index (χ4v) is 2.49. The average Bonchev–Trinajstić information content (AvgIpc) is 2.78. The van der Waals surface area contributed by atoms with Crippen LogP contribution in [-0.4, -0.2) is 18.7 Å². The van der Waals surface area contributed by atoms with Crippen molar-refractivity contribution in [2.45, 2.75) is 51.7 Å². The number of rotatable bonds is 6. The van der Waals surface area contributed by atoms with E-state index >= 15 is 0 Å². The average molecular weight is 233 g/mol. The highest BCUT2D eigenvalue weighted by Crippen LogP contribution is 2.30. The van der Waals surface area contributed by atoms with Crippen LogP contribution in [0.5, 0.6) is 5.75 Å². The summed E-state index contributed by atoms with van der Waals surface area (Å²) >= 11 is 0. The number of fused-ring (bicyclic) bond motifs is 1. The van der Waals surface area contributed by atoms with Gasteiger partial charge in [-0.25, -0.2) is 0 Å². The summed E-state index contributed by atoms with van der Waals surface area (Å²) in [5.41, 5.74) is 1.36. The van der Waals surface area contributed by atoms with E-state index in [2.05, 4.69) is 43.4 Å². The number of ether oxygens (including phenoxy) is 1. The molecular formula is C15H23NO. The topological polar surface area (TPSA) is 21.3 Å². The number of hydrogen-bond acceptors (Lipinski definition) is 2. The summed E-state index contributed by atoms with van der Waals surface area (Å²) in [7, 11) is 0. The fraction of sp³-hybridized carbons (Fsp3) is 0.600. The van der Waals surface area contributed by atoms with Crippen molar-refractivity contribution < 1.29 is 4.74 Å². The highest BCUT2D eigenvalue weighted by atomic mass is 16.5. The predicted octanol–water partition coefficient (Wildman–Crippen LogP) is 3.16. The molecule has 1 aromatic rings. The molecule has 0 spiro atoms. The van der Waals surface area contributed by atoms with Crippen LogP contribution in [0.4, 0.5) is 0 Å². The van der Waals surface area contributed by atoms with Crippen molar-refractivity contribution in [3.63, 3.8) is 0 Å². The fourth-order valence-electron chi connectivity index (χ4n) is 2.49. The highest BCUT2D eigenvalue weighted by molar-refractivity contribution is 5.37. The first kappa shape index (κ1) is 12.4. The lowest BCUT2D eigenvalue weighted by Crippen LogP contribution is -2.42. The maximum absolute atomic E-state index is 6.06. The number of nitrogens with one attached hydrogen (secondary N) is 1. The van der Waals surface area contributed by atoms with Crippen molar-refractivity contribution >= 4 is 0 Å². The molecule has 1 heterocycles. The van der Waals surface area contributed by atoms with Gasteiger partial charge in [-0.1, -0.05) is 38.5 Å². The highest BCUT2D eigenvalue weighted by Gasteiger charge is 2.28. The quantitative estimate of drug-likeness (QED) is 0.815. The van der Waals surface area contributed by atoms with E-state index in [0.717, 1.165) is 18.7 Å². The molecule has 0 fully saturated rings. The van der Waals surface area contributed by atoms with E-state index < -0.39 is 0 Å². The summed E-state index contributed by atoms with van der Waals surface area (Å²) in [6.07, 6.45) is 4.95. The Morgan fingerprint density at radius 1 is 1.29 bits per heavy atom. The molecule has 1 aliphatic heterocycles. The molecule has 1 aliphatic rings. The number of benzene rings is 1. The van der Waals surface area contributed by atoms with Crippen molar-refractivity contribution in [1.29, 1.82) is 0 Å². The Labute approximate surface area is 104 Å². The molecule has 2 rings (SSSR count). The monoisotopic (exact) mass is 233 g/mol. The first-order valence-electron chi connectivity index (χ1n) is 6.83. The van der Waals surface area contributed by atoms with E-state index in [1.807, 2.05) is 0 Å². The molecule has 2 heteroatoms. The van der Waals surface area contributed by atoms with E-state index in [-0.39, 0.29) is 0 Å². The summed E-state index contributed by atoms with van der Waals surface area (Å²) in [5, 5.41) is 3.62. The summed E-state index contributed by atoms with van der Waals surface area (Å²) in [4.78, 5) is 0. The van der Waals surface area contributed by atoms with Crippen LogP contribution in [0.15, 0.2) is 24.3 Å². The minimum absolute atomic E-state index is 0.318. The Morgan fingerprint density at radius 2 is 2.12 bits per heavy atom. The van der Waals surface area contributed by atoms with Gasteiger partial charge in [0, 0.05) is 12.5 Å². The van der Waals surface area contributed by atoms with Crippen molar-refractivity contribution in [2.24, 2.45) is 0 Å². The summed E-state index contributed by atoms with van der Waals surface area (Å²) in [6, 6.07) is 8.90. The molecule has 0 saturated heterocycles. The Balaban J connectivity index is 1.98. The summed E-state index contributed by atoms with van der Waals surface area (Å²) < 4.78 is 6.06. The normalized spacial score (nSPS) is 19.8. The minimum atomic E-state index is 0.318. The lowest BCUT2D eigenvalue weighted by Gasteiger charge is -2.24. The summed E-state index contributed by atoms with van der Waals surface area (Å²) in [6.45, 7) is 5.53. The molecule has 17 heavy (non-hydrogen) atoms. The Bertz CT molecular complexity index is 326. The van der Waals surface area contributed by atoms with Gasteiger partial charge in [0.05, 0.1) is 0 Å². The Hall–Kier alpha value is -1.02. The zero-order chi connectivity index (χ0) is 12.1. The third-order valence-electron chi connectivity index (χ3n) is 3.38. The smallest absolute Gasteiger partial charge is 0.123 e. The maximum atomic E-state index is 6.06. The number of para-hydroxylation sites is 1. The molecule has 0 saturated carbocycles. The second-order valence-corrected chi connectivity index (χ2v) is 4.82. The van der Waals surface area contributed by atoms with Gasteiger partial charge in [0.1, 0.15) is 11.9 Å². The molecular weight excluding hydrogens is 210 g/mol. The predicted molar refractivity (Wildman–Crippen MR) is 71.6 cm³/mol. The van der Waals surface area contributed by atoms with Crippen LogP contribution < -0.4 is 10.1 Å². The zero-order valence-corrected chi connectivity index (χ0v) is 10.9. The third-order valence-corrected chi connectivity index (χ3v) is 3.38. The van der Waals surface area contributed by atoms with Gasteiger partial charge in [0.2, 0.25) is 0 Å². The van der Waals surface area contributed by atoms with Gasteiger partial charge in [-0.15, -0.1) is 0 Å². The van der Waals surface area contributed by atoms with Gasteiger partial charge in [0.25, 0.3) is 0 Å². The van der Waals surface area contributed by atoms with E-state index in [4.69, 9.17) is 4.74 Å². The van der Waals surface area contributed by atoms with Crippen LogP contribution in [0.3, 0.4) is 0 Å². The molecule has 2 nitrogen and oxygen atoms in total. The van der Waals surface area contributed by atoms with Crippen molar-refractivity contribution in [2.75, 3.05) is 6.54 Å². The van der Waals surface area contributed by atoms with E-state index in [0.29, 0.717) is 12.1 Å². The number of hydrogen-bond donors (Lipinski definition) is 1. The molecule has 0 bridgehead atoms. The van der Waals surface area contributed by atoms with Crippen LogP contribution in [0.25, 0.3) is 0 Å². The standard InChI is InChI=1S/C15H23NO/c1-3-7-13(16-10-4-2)15-11-12-8-5-6-9-14(12)17-15/h5-6,8-9,13,15-16H,3-4,7,10-11H2,1-2H3. The lowest BCUT2D eigenvalue weighted by molar-refractivity contribution is 0.171. The minimum Gasteiger partial charge on any atom is -0.488 e. The van der Waals surface area contributed by atoms with Crippen LogP contribution in [0.1, 0.15) is 38.7 Å². The largest absolute Gasteiger partial charge is 0.488 e. The molecule has 0 radical (unpaired) electrons. The van der Waals surface area contributed by atoms with Crippen LogP contribution in [0, 0.1) is 0 Å². The first-order valence-corrected chi connectivity index (χ1v) is 6.83. The van der Waals surface area contributed by atoms with Crippen LogP contribution in [0.2, 0.25) is 0 Å². The lowest BCUT2D eigenvalue weighted by atomic mass is 10.0. The third kappa shape index (κ3) is 3.01. The first-order chi connectivity index (χ1) is 8.35. The molecule has 0 aromatic heterocycles. The SMILES string of the molecule is CCCNC(CCC)C1Cc2ccccc2O1. The summed E-state index contributed by atoms with van der Waals surface area (Å²) in [5.74, 6) is 1.08. The second kappa shape index (κ2) is 6.06. The van der Waals surface area contributed by atoms with Gasteiger partial charge in [-0.2, -0.15) is 0 Å².